The predicted octanol–water partition coefficient (Wildman–Crippen LogP) is 0.832. The molecule has 4 rings (SSSR count). The molecule has 0 atom stereocenters. The molecule has 2 heterocycles. The van der Waals surface area contributed by atoms with E-state index in [1.54, 1.807) is 0 Å². The second kappa shape index (κ2) is 5.27. The third-order valence-corrected chi connectivity index (χ3v) is 6.56. The number of sulfonamides is 1. The van der Waals surface area contributed by atoms with Crippen LogP contribution >= 0.6 is 11.3 Å². The van der Waals surface area contributed by atoms with Gasteiger partial charge in [-0.3, -0.25) is 9.52 Å². The number of aromatic amines is 1. The van der Waals surface area contributed by atoms with Gasteiger partial charge in [0, 0.05) is 12.0 Å². The first-order valence-corrected chi connectivity index (χ1v) is 9.53. The van der Waals surface area contributed by atoms with E-state index >= 15 is 0 Å². The second-order valence-electron chi connectivity index (χ2n) is 5.67. The summed E-state index contributed by atoms with van der Waals surface area (Å²) < 4.78 is 27.2. The van der Waals surface area contributed by atoms with Crippen LogP contribution in [0.4, 0.5) is 5.82 Å². The summed E-state index contributed by atoms with van der Waals surface area (Å²) in [6, 6.07) is 0.145. The van der Waals surface area contributed by atoms with Crippen LogP contribution in [0.3, 0.4) is 0 Å². The number of nitrogens with one attached hydrogen (secondary N) is 3. The first-order valence-electron chi connectivity index (χ1n) is 7.23. The number of hydrogen-bond donors (Lipinski definition) is 3. The summed E-state index contributed by atoms with van der Waals surface area (Å²) in [6.45, 7) is 0. The Morgan fingerprint density at radius 1 is 1.26 bits per heavy atom. The second-order valence-corrected chi connectivity index (χ2v) is 8.64. The van der Waals surface area contributed by atoms with Crippen LogP contribution in [0.2, 0.25) is 0 Å². The summed E-state index contributed by atoms with van der Waals surface area (Å²) >= 11 is 1.15. The van der Waals surface area contributed by atoms with Crippen LogP contribution in [0.5, 0.6) is 0 Å². The van der Waals surface area contributed by atoms with Gasteiger partial charge >= 0.3 is 0 Å². The van der Waals surface area contributed by atoms with Crippen molar-refractivity contribution in [2.75, 3.05) is 4.72 Å². The van der Waals surface area contributed by atoms with Crippen LogP contribution in [0.15, 0.2) is 10.4 Å². The molecule has 2 aliphatic rings. The number of thiazole rings is 1. The third-order valence-electron chi connectivity index (χ3n) is 3.60. The van der Waals surface area contributed by atoms with Gasteiger partial charge in [0.15, 0.2) is 15.7 Å². The number of rotatable bonds is 6. The van der Waals surface area contributed by atoms with Crippen LogP contribution in [0.1, 0.15) is 47.1 Å². The summed E-state index contributed by atoms with van der Waals surface area (Å²) in [7, 11) is -3.83. The Kier molecular flexibility index (Phi) is 3.34. The van der Waals surface area contributed by atoms with E-state index in [1.165, 1.54) is 6.20 Å². The van der Waals surface area contributed by atoms with Gasteiger partial charge in [-0.05, 0) is 25.7 Å². The predicted molar refractivity (Wildman–Crippen MR) is 81.8 cm³/mol. The van der Waals surface area contributed by atoms with Crippen LogP contribution < -0.4 is 10.0 Å². The average Bonchev–Trinajstić information content (AvgIpc) is 3.41. The molecule has 0 unspecified atom stereocenters. The van der Waals surface area contributed by atoms with Crippen molar-refractivity contribution in [2.45, 2.75) is 41.9 Å². The topological polar surface area (TPSA) is 130 Å². The van der Waals surface area contributed by atoms with Crippen molar-refractivity contribution in [3.05, 3.63) is 16.9 Å². The zero-order chi connectivity index (χ0) is 16.0. The van der Waals surface area contributed by atoms with E-state index in [-0.39, 0.29) is 21.8 Å². The highest BCUT2D eigenvalue weighted by Crippen LogP contribution is 2.42. The molecule has 9 nitrogen and oxygen atoms in total. The van der Waals surface area contributed by atoms with Crippen molar-refractivity contribution in [2.24, 2.45) is 0 Å². The minimum atomic E-state index is -3.83. The Bertz CT molecular complexity index is 850. The maximum Gasteiger partial charge on any atom is 0.275 e. The maximum atomic E-state index is 12.4. The summed E-state index contributed by atoms with van der Waals surface area (Å²) in [5, 5.41) is 13.3. The lowest BCUT2D eigenvalue weighted by Gasteiger charge is -2.04. The maximum absolute atomic E-state index is 12.4. The normalized spacial score (nSPS) is 17.9. The number of hydrogen-bond acceptors (Lipinski definition) is 7. The quantitative estimate of drug-likeness (QED) is 0.704. The van der Waals surface area contributed by atoms with Crippen LogP contribution in [0.25, 0.3) is 0 Å². The molecule has 2 aromatic heterocycles. The molecule has 0 bridgehead atoms. The molecule has 122 valence electrons. The van der Waals surface area contributed by atoms with Gasteiger partial charge in [-0.15, -0.1) is 21.5 Å². The number of amides is 1. The molecule has 0 saturated heterocycles. The van der Waals surface area contributed by atoms with E-state index < -0.39 is 15.9 Å². The van der Waals surface area contributed by atoms with Crippen molar-refractivity contribution in [1.29, 1.82) is 0 Å². The smallest absolute Gasteiger partial charge is 0.275 e. The molecule has 2 fully saturated rings. The molecule has 2 saturated carbocycles. The molecule has 23 heavy (non-hydrogen) atoms. The highest BCUT2D eigenvalue weighted by atomic mass is 32.2. The minimum absolute atomic E-state index is 0.0626. The summed E-state index contributed by atoms with van der Waals surface area (Å²) in [5.74, 6) is -0.165. The van der Waals surface area contributed by atoms with Crippen LogP contribution in [-0.2, 0) is 10.0 Å². The first-order chi connectivity index (χ1) is 11.0. The van der Waals surface area contributed by atoms with E-state index in [0.29, 0.717) is 5.92 Å². The number of H-pyrrole nitrogens is 1. The number of anilines is 1. The Morgan fingerprint density at radius 2 is 2.04 bits per heavy atom. The van der Waals surface area contributed by atoms with Gasteiger partial charge < -0.3 is 5.32 Å². The summed E-state index contributed by atoms with van der Waals surface area (Å²) in [5.41, 5.74) is -0.0626. The fourth-order valence-corrected chi connectivity index (χ4v) is 4.36. The van der Waals surface area contributed by atoms with Crippen molar-refractivity contribution in [3.63, 3.8) is 0 Å². The molecular weight excluding hydrogens is 340 g/mol. The number of nitrogens with zero attached hydrogens (tertiary/aromatic N) is 3. The number of carbonyl (C=O) groups is 1. The zero-order valence-electron chi connectivity index (χ0n) is 11.9. The van der Waals surface area contributed by atoms with Crippen molar-refractivity contribution in [1.82, 2.24) is 25.7 Å². The Balaban J connectivity index is 1.54. The van der Waals surface area contributed by atoms with Gasteiger partial charge in [0.25, 0.3) is 15.9 Å². The molecule has 0 spiro atoms. The first kappa shape index (κ1) is 14.6. The number of carbonyl (C=O) groups excluding carboxylic acids is 1. The van der Waals surface area contributed by atoms with Gasteiger partial charge in [0.05, 0.1) is 11.2 Å². The van der Waals surface area contributed by atoms with E-state index in [1.807, 2.05) is 0 Å². The highest BCUT2D eigenvalue weighted by Gasteiger charge is 2.31. The van der Waals surface area contributed by atoms with Gasteiger partial charge in [-0.2, -0.15) is 5.21 Å². The SMILES string of the molecule is O=C(NC1CC1)c1n[nH]nc1NS(=O)(=O)c1cnc(C2CC2)s1. The van der Waals surface area contributed by atoms with E-state index in [0.717, 1.165) is 42.0 Å². The lowest BCUT2D eigenvalue weighted by Crippen LogP contribution is -2.27. The molecule has 0 aliphatic heterocycles. The Morgan fingerprint density at radius 3 is 2.74 bits per heavy atom. The zero-order valence-corrected chi connectivity index (χ0v) is 13.6. The minimum Gasteiger partial charge on any atom is -0.348 e. The molecule has 2 aliphatic carbocycles. The Hall–Kier alpha value is -2.01. The van der Waals surface area contributed by atoms with E-state index in [4.69, 9.17) is 0 Å². The lowest BCUT2D eigenvalue weighted by atomic mass is 10.4. The molecule has 2 aromatic rings. The molecule has 0 aromatic carbocycles. The van der Waals surface area contributed by atoms with Gasteiger partial charge in [0.2, 0.25) is 0 Å². The van der Waals surface area contributed by atoms with E-state index in [2.05, 4.69) is 30.4 Å². The standard InChI is InChI=1S/C12H14N6O3S2/c19-11(14-7-3-4-7)9-10(16-18-15-9)17-23(20,21)8-5-13-12(22-8)6-1-2-6/h5-7H,1-4H2,(H,14,19)(H2,15,16,17,18). The monoisotopic (exact) mass is 354 g/mol. The van der Waals surface area contributed by atoms with Gasteiger partial charge in [0.1, 0.15) is 0 Å². The largest absolute Gasteiger partial charge is 0.348 e. The third kappa shape index (κ3) is 3.06. The molecule has 3 N–H and O–H groups in total. The van der Waals surface area contributed by atoms with Crippen molar-refractivity contribution >= 4 is 33.1 Å². The fourth-order valence-electron chi connectivity index (χ4n) is 2.03. The molecule has 11 heteroatoms. The van der Waals surface area contributed by atoms with E-state index in [9.17, 15) is 13.2 Å². The lowest BCUT2D eigenvalue weighted by molar-refractivity contribution is 0.0947. The van der Waals surface area contributed by atoms with Crippen LogP contribution in [0, 0.1) is 0 Å². The average molecular weight is 354 g/mol. The highest BCUT2D eigenvalue weighted by molar-refractivity contribution is 7.94. The van der Waals surface area contributed by atoms with Crippen molar-refractivity contribution in [3.8, 4) is 0 Å². The molecule has 1 amide bonds. The number of aromatic nitrogens is 4. The summed E-state index contributed by atoms with van der Waals surface area (Å²) in [6.07, 6.45) is 5.29. The van der Waals surface area contributed by atoms with Crippen LogP contribution in [-0.4, -0.2) is 40.8 Å². The van der Waals surface area contributed by atoms with Gasteiger partial charge in [-0.1, -0.05) is 0 Å². The molecular formula is C12H14N6O3S2. The Labute approximate surface area is 135 Å². The summed E-state index contributed by atoms with van der Waals surface area (Å²) in [4.78, 5) is 16.2. The molecule has 0 radical (unpaired) electrons. The van der Waals surface area contributed by atoms with Crippen molar-refractivity contribution < 1.29 is 13.2 Å². The fraction of sp³-hybridized carbons (Fsp3) is 0.500. The van der Waals surface area contributed by atoms with Gasteiger partial charge in [-0.25, -0.2) is 13.4 Å².